The minimum Gasteiger partial charge on any atom is -0.376 e. The Kier molecular flexibility index (Phi) is 14.0. The summed E-state index contributed by atoms with van der Waals surface area (Å²) in [6, 6.07) is 22.6. The first kappa shape index (κ1) is 35.0. The largest absolute Gasteiger partial charge is 0.376 e. The third kappa shape index (κ3) is 10.5. The zero-order valence-electron chi connectivity index (χ0n) is 22.5. The number of nitrogens with zero attached hydrogens (tertiary/aromatic N) is 2. The molecule has 1 fully saturated rings. The van der Waals surface area contributed by atoms with Crippen LogP contribution < -0.4 is 14.9 Å². The van der Waals surface area contributed by atoms with Gasteiger partial charge in [0.15, 0.2) is 0 Å². The van der Waals surface area contributed by atoms with E-state index < -0.39 is 10.0 Å². The summed E-state index contributed by atoms with van der Waals surface area (Å²) >= 11 is 12.0. The van der Waals surface area contributed by atoms with Crippen LogP contribution in [0.2, 0.25) is 10.0 Å². The molecule has 1 amide bonds. The molecular weight excluding hydrogens is 630 g/mol. The topological polar surface area (TPSA) is 91.0 Å². The van der Waals surface area contributed by atoms with E-state index in [0.29, 0.717) is 48.5 Å². The Hall–Kier alpha value is -2.24. The number of hydrogen-bond acceptors (Lipinski definition) is 6. The van der Waals surface area contributed by atoms with Gasteiger partial charge in [-0.25, -0.2) is 8.42 Å². The third-order valence-corrected chi connectivity index (χ3v) is 7.67. The molecule has 0 aromatic heterocycles. The molecule has 0 bridgehead atoms. The normalized spacial score (nSPS) is 15.0. The van der Waals surface area contributed by atoms with Gasteiger partial charge in [-0.15, -0.1) is 24.8 Å². The van der Waals surface area contributed by atoms with Gasteiger partial charge in [-0.05, 0) is 35.4 Å². The van der Waals surface area contributed by atoms with Gasteiger partial charge in [-0.3, -0.25) is 14.8 Å². The minimum absolute atomic E-state index is 0. The molecular formula is C28H34Cl4N4O4S. The summed E-state index contributed by atoms with van der Waals surface area (Å²) in [6.07, 6.45) is 1.08. The van der Waals surface area contributed by atoms with Crippen LogP contribution in [-0.2, 0) is 32.7 Å². The number of para-hydroxylation sites is 2. The van der Waals surface area contributed by atoms with E-state index in [2.05, 4.69) is 14.9 Å². The van der Waals surface area contributed by atoms with Crippen molar-refractivity contribution in [3.63, 3.8) is 0 Å². The maximum Gasteiger partial charge on any atom is 0.229 e. The molecule has 0 aliphatic carbocycles. The molecule has 3 aromatic carbocycles. The number of carbonyl (C=O) groups is 1. The van der Waals surface area contributed by atoms with Gasteiger partial charge in [0.1, 0.15) is 6.17 Å². The fraction of sp³-hybridized carbons (Fsp3) is 0.321. The van der Waals surface area contributed by atoms with Gasteiger partial charge in [0, 0.05) is 19.6 Å². The summed E-state index contributed by atoms with van der Waals surface area (Å²) < 4.78 is 32.2. The molecule has 8 nitrogen and oxygen atoms in total. The summed E-state index contributed by atoms with van der Waals surface area (Å²) in [5.41, 5.74) is 3.27. The van der Waals surface area contributed by atoms with E-state index in [1.807, 2.05) is 53.4 Å². The molecule has 0 radical (unpaired) electrons. The Labute approximate surface area is 264 Å². The van der Waals surface area contributed by atoms with Crippen molar-refractivity contribution >= 4 is 75.3 Å². The first-order valence-electron chi connectivity index (χ1n) is 12.6. The van der Waals surface area contributed by atoms with E-state index in [4.69, 9.17) is 27.9 Å². The van der Waals surface area contributed by atoms with E-state index >= 15 is 0 Å². The lowest BCUT2D eigenvalue weighted by atomic mass is 10.1. The van der Waals surface area contributed by atoms with E-state index in [0.717, 1.165) is 23.1 Å². The molecule has 41 heavy (non-hydrogen) atoms. The highest BCUT2D eigenvalue weighted by Gasteiger charge is 2.31. The summed E-state index contributed by atoms with van der Waals surface area (Å²) in [5.74, 6) is -0.0168. The number of amides is 1. The molecule has 0 spiro atoms. The average molecular weight is 664 g/mol. The van der Waals surface area contributed by atoms with E-state index in [9.17, 15) is 13.2 Å². The zero-order valence-corrected chi connectivity index (χ0v) is 26.4. The monoisotopic (exact) mass is 662 g/mol. The second kappa shape index (κ2) is 16.4. The number of anilines is 2. The molecule has 4 rings (SSSR count). The Morgan fingerprint density at radius 2 is 1.66 bits per heavy atom. The fourth-order valence-corrected chi connectivity index (χ4v) is 5.36. The Morgan fingerprint density at radius 1 is 0.951 bits per heavy atom. The summed E-state index contributed by atoms with van der Waals surface area (Å²) in [7, 11) is -3.44. The Bertz CT molecular complexity index is 1380. The van der Waals surface area contributed by atoms with Crippen molar-refractivity contribution in [2.75, 3.05) is 42.1 Å². The molecule has 3 aromatic rings. The van der Waals surface area contributed by atoms with Crippen LogP contribution in [0, 0.1) is 0 Å². The van der Waals surface area contributed by atoms with E-state index in [1.165, 1.54) is 0 Å². The van der Waals surface area contributed by atoms with Crippen LogP contribution in [0.1, 0.15) is 17.5 Å². The quantitative estimate of drug-likeness (QED) is 0.261. The molecule has 1 unspecified atom stereocenters. The highest BCUT2D eigenvalue weighted by molar-refractivity contribution is 7.92. The number of carbonyl (C=O) groups excluding carboxylic acids is 1. The highest BCUT2D eigenvalue weighted by atomic mass is 35.5. The number of ether oxygens (including phenoxy) is 1. The molecule has 1 saturated heterocycles. The third-order valence-electron chi connectivity index (χ3n) is 6.34. The summed E-state index contributed by atoms with van der Waals surface area (Å²) in [6.45, 7) is 2.71. The second-order valence-corrected chi connectivity index (χ2v) is 11.9. The zero-order chi connectivity index (χ0) is 27.8. The number of nitrogens with one attached hydrogen (secondary N) is 2. The fourth-order valence-electron chi connectivity index (χ4n) is 4.46. The average Bonchev–Trinajstić information content (AvgIpc) is 2.91. The number of hydrogen-bond donors (Lipinski definition) is 2. The molecule has 13 heteroatoms. The first-order chi connectivity index (χ1) is 18.7. The molecule has 1 heterocycles. The van der Waals surface area contributed by atoms with Gasteiger partial charge >= 0.3 is 0 Å². The van der Waals surface area contributed by atoms with Gasteiger partial charge in [0.2, 0.25) is 15.9 Å². The summed E-state index contributed by atoms with van der Waals surface area (Å²) in [5, 5.41) is 4.47. The number of sulfonamides is 1. The van der Waals surface area contributed by atoms with Crippen molar-refractivity contribution in [1.82, 2.24) is 10.2 Å². The summed E-state index contributed by atoms with van der Waals surface area (Å²) in [4.78, 5) is 17.2. The lowest BCUT2D eigenvalue weighted by Gasteiger charge is -2.43. The number of rotatable bonds is 11. The molecule has 224 valence electrons. The van der Waals surface area contributed by atoms with Crippen LogP contribution in [0.25, 0.3) is 0 Å². The minimum atomic E-state index is -3.44. The van der Waals surface area contributed by atoms with Crippen molar-refractivity contribution in [2.24, 2.45) is 0 Å². The van der Waals surface area contributed by atoms with Gasteiger partial charge < -0.3 is 14.5 Å². The van der Waals surface area contributed by atoms with Crippen molar-refractivity contribution in [3.05, 3.63) is 94.0 Å². The Morgan fingerprint density at radius 3 is 2.37 bits per heavy atom. The smallest absolute Gasteiger partial charge is 0.229 e. The van der Waals surface area contributed by atoms with Crippen LogP contribution in [-0.4, -0.2) is 57.9 Å². The Balaban J connectivity index is 0.00000294. The lowest BCUT2D eigenvalue weighted by molar-refractivity contribution is -0.136. The second-order valence-electron chi connectivity index (χ2n) is 9.36. The van der Waals surface area contributed by atoms with Crippen LogP contribution >= 0.6 is 48.0 Å². The molecule has 2 N–H and O–H groups in total. The van der Waals surface area contributed by atoms with Crippen molar-refractivity contribution in [2.45, 2.75) is 25.7 Å². The van der Waals surface area contributed by atoms with Crippen molar-refractivity contribution in [1.29, 1.82) is 0 Å². The van der Waals surface area contributed by atoms with Gasteiger partial charge in [-0.1, -0.05) is 71.7 Å². The predicted octanol–water partition coefficient (Wildman–Crippen LogP) is 5.58. The number of benzene rings is 3. The van der Waals surface area contributed by atoms with Crippen molar-refractivity contribution in [3.8, 4) is 0 Å². The highest BCUT2D eigenvalue weighted by Crippen LogP contribution is 2.28. The van der Waals surface area contributed by atoms with E-state index in [-0.39, 0.29) is 49.9 Å². The van der Waals surface area contributed by atoms with Crippen molar-refractivity contribution < 1.29 is 17.9 Å². The first-order valence-corrected chi connectivity index (χ1v) is 15.2. The number of halogens is 4. The molecule has 1 aliphatic heterocycles. The maximum absolute atomic E-state index is 13.3. The van der Waals surface area contributed by atoms with E-state index in [1.54, 1.807) is 24.3 Å². The van der Waals surface area contributed by atoms with Crippen LogP contribution in [0.3, 0.4) is 0 Å². The number of piperazine rings is 1. The predicted molar refractivity (Wildman–Crippen MR) is 171 cm³/mol. The van der Waals surface area contributed by atoms with Gasteiger partial charge in [-0.2, -0.15) is 0 Å². The molecule has 1 aliphatic rings. The lowest BCUT2D eigenvalue weighted by Crippen LogP contribution is -2.60. The maximum atomic E-state index is 13.3. The van der Waals surface area contributed by atoms with Crippen LogP contribution in [0.5, 0.6) is 0 Å². The van der Waals surface area contributed by atoms with Crippen LogP contribution in [0.4, 0.5) is 11.4 Å². The molecule has 1 atom stereocenters. The van der Waals surface area contributed by atoms with Gasteiger partial charge in [0.25, 0.3) is 0 Å². The SMILES string of the molecule is CS(=O)(=O)Nc1ccccc1N1CCN(C(=O)CCOCc2ccc(Cl)c(Cl)c2)C(NCc2ccccc2)C1.Cl.Cl. The standard InChI is InChI=1S/C28H32Cl2N4O4S.2ClH/c1-39(36,37)32-25-9-5-6-10-26(25)33-14-15-34(27(19-33)31-18-21-7-3-2-4-8-21)28(35)13-16-38-20-22-11-12-23(29)24(30)17-22;;/h2-12,17,27,31-32H,13-16,18-20H2,1H3;2*1H. The van der Waals surface area contributed by atoms with Gasteiger partial charge in [0.05, 0.1) is 53.9 Å². The van der Waals surface area contributed by atoms with Crippen LogP contribution in [0.15, 0.2) is 72.8 Å². The molecule has 0 saturated carbocycles.